The molecule has 0 aliphatic carbocycles. The molecule has 1 aliphatic heterocycles. The van der Waals surface area contributed by atoms with Crippen molar-refractivity contribution < 1.29 is 0 Å². The maximum atomic E-state index is 3.67. The molecule has 0 atom stereocenters. The number of nitrogens with one attached hydrogen (secondary N) is 1. The van der Waals surface area contributed by atoms with Crippen LogP contribution in [0, 0.1) is 6.92 Å². The summed E-state index contributed by atoms with van der Waals surface area (Å²) in [5, 5.41) is 3.67. The van der Waals surface area contributed by atoms with Gasteiger partial charge in [-0.15, -0.1) is 0 Å². The first-order chi connectivity index (χ1) is 9.11. The van der Waals surface area contributed by atoms with Crippen molar-refractivity contribution in [3.05, 3.63) is 29.3 Å². The van der Waals surface area contributed by atoms with Crippen molar-refractivity contribution in [1.82, 2.24) is 5.32 Å². The highest BCUT2D eigenvalue weighted by molar-refractivity contribution is 5.59. The zero-order chi connectivity index (χ0) is 13.8. The monoisotopic (exact) mass is 260 g/mol. The number of rotatable bonds is 4. The van der Waals surface area contributed by atoms with Gasteiger partial charge in [0.15, 0.2) is 0 Å². The second kappa shape index (κ2) is 6.42. The molecule has 1 aromatic rings. The SMILES string of the molecule is CCc1cccc(C)c1N1CCC(NC(C)C)CC1. The summed E-state index contributed by atoms with van der Waals surface area (Å²) in [6, 6.07) is 8.00. The number of para-hydroxylation sites is 1. The highest BCUT2D eigenvalue weighted by Gasteiger charge is 2.21. The summed E-state index contributed by atoms with van der Waals surface area (Å²) < 4.78 is 0. The molecule has 2 rings (SSSR count). The van der Waals surface area contributed by atoms with E-state index < -0.39 is 0 Å². The van der Waals surface area contributed by atoms with Crippen molar-refractivity contribution in [2.75, 3.05) is 18.0 Å². The smallest absolute Gasteiger partial charge is 0.0428 e. The first kappa shape index (κ1) is 14.4. The second-order valence-corrected chi connectivity index (χ2v) is 6.02. The largest absolute Gasteiger partial charge is 0.371 e. The Morgan fingerprint density at radius 2 is 1.95 bits per heavy atom. The third-order valence-electron chi connectivity index (χ3n) is 4.08. The molecule has 1 heterocycles. The number of nitrogens with zero attached hydrogens (tertiary/aromatic N) is 1. The summed E-state index contributed by atoms with van der Waals surface area (Å²) in [5.74, 6) is 0. The fraction of sp³-hybridized carbons (Fsp3) is 0.647. The van der Waals surface area contributed by atoms with E-state index >= 15 is 0 Å². The molecule has 1 aromatic carbocycles. The van der Waals surface area contributed by atoms with Crippen LogP contribution < -0.4 is 10.2 Å². The number of benzene rings is 1. The van der Waals surface area contributed by atoms with E-state index in [0.29, 0.717) is 12.1 Å². The van der Waals surface area contributed by atoms with Crippen molar-refractivity contribution in [2.45, 2.75) is 59.0 Å². The zero-order valence-electron chi connectivity index (χ0n) is 12.9. The van der Waals surface area contributed by atoms with E-state index in [0.717, 1.165) is 6.42 Å². The van der Waals surface area contributed by atoms with Crippen LogP contribution in [0.15, 0.2) is 18.2 Å². The van der Waals surface area contributed by atoms with Crippen LogP contribution in [0.4, 0.5) is 5.69 Å². The summed E-state index contributed by atoms with van der Waals surface area (Å²) in [4.78, 5) is 2.59. The molecule has 0 amide bonds. The quantitative estimate of drug-likeness (QED) is 0.891. The Balaban J connectivity index is 2.05. The summed E-state index contributed by atoms with van der Waals surface area (Å²) >= 11 is 0. The number of hydrogen-bond donors (Lipinski definition) is 1. The number of hydrogen-bond acceptors (Lipinski definition) is 2. The Labute approximate surface area is 118 Å². The molecule has 1 fully saturated rings. The average Bonchev–Trinajstić information content (AvgIpc) is 2.39. The number of anilines is 1. The molecule has 0 spiro atoms. The van der Waals surface area contributed by atoms with E-state index in [1.54, 1.807) is 0 Å². The van der Waals surface area contributed by atoms with E-state index in [9.17, 15) is 0 Å². The lowest BCUT2D eigenvalue weighted by Gasteiger charge is -2.36. The van der Waals surface area contributed by atoms with Gasteiger partial charge in [-0.05, 0) is 37.3 Å². The van der Waals surface area contributed by atoms with Crippen LogP contribution >= 0.6 is 0 Å². The van der Waals surface area contributed by atoms with Crippen LogP contribution in [-0.2, 0) is 6.42 Å². The maximum Gasteiger partial charge on any atom is 0.0428 e. The first-order valence-corrected chi connectivity index (χ1v) is 7.71. The van der Waals surface area contributed by atoms with Gasteiger partial charge < -0.3 is 10.2 Å². The van der Waals surface area contributed by atoms with Crippen LogP contribution in [0.5, 0.6) is 0 Å². The van der Waals surface area contributed by atoms with Crippen LogP contribution in [0.3, 0.4) is 0 Å². The third kappa shape index (κ3) is 3.50. The van der Waals surface area contributed by atoms with Crippen molar-refractivity contribution >= 4 is 5.69 Å². The van der Waals surface area contributed by atoms with Gasteiger partial charge in [0.05, 0.1) is 0 Å². The highest BCUT2D eigenvalue weighted by atomic mass is 15.2. The molecular weight excluding hydrogens is 232 g/mol. The molecule has 1 saturated heterocycles. The summed E-state index contributed by atoms with van der Waals surface area (Å²) in [7, 11) is 0. The topological polar surface area (TPSA) is 15.3 Å². The minimum atomic E-state index is 0.598. The normalized spacial score (nSPS) is 17.2. The highest BCUT2D eigenvalue weighted by Crippen LogP contribution is 2.28. The van der Waals surface area contributed by atoms with E-state index in [2.05, 4.69) is 56.1 Å². The minimum Gasteiger partial charge on any atom is -0.371 e. The fourth-order valence-electron chi connectivity index (χ4n) is 3.20. The van der Waals surface area contributed by atoms with Gasteiger partial charge in [0, 0.05) is 30.9 Å². The van der Waals surface area contributed by atoms with Gasteiger partial charge in [-0.25, -0.2) is 0 Å². The Morgan fingerprint density at radius 3 is 2.53 bits per heavy atom. The van der Waals surface area contributed by atoms with Gasteiger partial charge in [-0.1, -0.05) is 39.0 Å². The van der Waals surface area contributed by atoms with E-state index in [4.69, 9.17) is 0 Å². The van der Waals surface area contributed by atoms with Crippen LogP contribution in [0.25, 0.3) is 0 Å². The molecule has 0 unspecified atom stereocenters. The number of aryl methyl sites for hydroxylation is 2. The predicted octanol–water partition coefficient (Wildman–Crippen LogP) is 3.52. The van der Waals surface area contributed by atoms with Gasteiger partial charge in [-0.3, -0.25) is 0 Å². The molecule has 0 saturated carbocycles. The zero-order valence-corrected chi connectivity index (χ0v) is 12.9. The van der Waals surface area contributed by atoms with Gasteiger partial charge in [0.1, 0.15) is 0 Å². The van der Waals surface area contributed by atoms with Crippen molar-refractivity contribution in [1.29, 1.82) is 0 Å². The fourth-order valence-corrected chi connectivity index (χ4v) is 3.20. The standard InChI is InChI=1S/C17H28N2/c1-5-15-8-6-7-14(4)17(15)19-11-9-16(10-12-19)18-13(2)3/h6-8,13,16,18H,5,9-12H2,1-4H3. The summed E-state index contributed by atoms with van der Waals surface area (Å²) in [6.45, 7) is 11.3. The molecule has 2 heteroatoms. The minimum absolute atomic E-state index is 0.598. The molecule has 0 bridgehead atoms. The summed E-state index contributed by atoms with van der Waals surface area (Å²) in [5.41, 5.74) is 4.41. The van der Waals surface area contributed by atoms with Gasteiger partial charge >= 0.3 is 0 Å². The Bertz CT molecular complexity index is 404. The Morgan fingerprint density at radius 1 is 1.26 bits per heavy atom. The third-order valence-corrected chi connectivity index (χ3v) is 4.08. The lowest BCUT2D eigenvalue weighted by Crippen LogP contribution is -2.45. The molecule has 19 heavy (non-hydrogen) atoms. The first-order valence-electron chi connectivity index (χ1n) is 7.71. The van der Waals surface area contributed by atoms with Gasteiger partial charge in [0.2, 0.25) is 0 Å². The molecule has 0 radical (unpaired) electrons. The lowest BCUT2D eigenvalue weighted by atomic mass is 9.99. The molecule has 1 aliphatic rings. The Hall–Kier alpha value is -1.02. The molecule has 0 aromatic heterocycles. The van der Waals surface area contributed by atoms with E-state index in [1.807, 2.05) is 0 Å². The molecule has 106 valence electrons. The van der Waals surface area contributed by atoms with Crippen molar-refractivity contribution in [3.63, 3.8) is 0 Å². The average molecular weight is 260 g/mol. The van der Waals surface area contributed by atoms with Crippen LogP contribution in [0.1, 0.15) is 44.7 Å². The molecular formula is C17H28N2. The lowest BCUT2D eigenvalue weighted by molar-refractivity contribution is 0.387. The predicted molar refractivity (Wildman–Crippen MR) is 84.1 cm³/mol. The van der Waals surface area contributed by atoms with Crippen LogP contribution in [-0.4, -0.2) is 25.2 Å². The van der Waals surface area contributed by atoms with E-state index in [1.165, 1.54) is 42.7 Å². The Kier molecular flexibility index (Phi) is 4.87. The van der Waals surface area contributed by atoms with Crippen molar-refractivity contribution in [3.8, 4) is 0 Å². The molecule has 1 N–H and O–H groups in total. The molecule has 2 nitrogen and oxygen atoms in total. The van der Waals surface area contributed by atoms with E-state index in [-0.39, 0.29) is 0 Å². The maximum absolute atomic E-state index is 3.67. The van der Waals surface area contributed by atoms with Crippen molar-refractivity contribution in [2.24, 2.45) is 0 Å². The summed E-state index contributed by atoms with van der Waals surface area (Å²) in [6.07, 6.45) is 3.65. The van der Waals surface area contributed by atoms with Crippen LogP contribution in [0.2, 0.25) is 0 Å². The second-order valence-electron chi connectivity index (χ2n) is 6.02. The number of piperidine rings is 1. The van der Waals surface area contributed by atoms with Gasteiger partial charge in [-0.2, -0.15) is 0 Å². The van der Waals surface area contributed by atoms with Gasteiger partial charge in [0.25, 0.3) is 0 Å².